The summed E-state index contributed by atoms with van der Waals surface area (Å²) in [4.78, 5) is 26.5. The molecule has 2 amide bonds. The molecule has 1 saturated carbocycles. The second-order valence-corrected chi connectivity index (χ2v) is 20.9. The van der Waals surface area contributed by atoms with Gasteiger partial charge in [-0.1, -0.05) is 59.5 Å². The van der Waals surface area contributed by atoms with Crippen molar-refractivity contribution in [2.24, 2.45) is 29.6 Å². The molecule has 4 aliphatic carbocycles. The number of piperidine rings is 2. The van der Waals surface area contributed by atoms with E-state index in [1.54, 1.807) is 12.2 Å². The molecule has 8 aliphatic rings. The van der Waals surface area contributed by atoms with Crippen molar-refractivity contribution < 1.29 is 95.4 Å². The number of amides is 2. The van der Waals surface area contributed by atoms with Crippen molar-refractivity contribution in [3.05, 3.63) is 58.4 Å². The number of rotatable bonds is 20. The number of ether oxygens (including phenoxy) is 4. The molecule has 0 radical (unpaired) electrons. The van der Waals surface area contributed by atoms with E-state index in [9.17, 15) is 49.4 Å². The smallest absolute Gasteiger partial charge is 0.454 e. The minimum atomic E-state index is -4.12. The average molecular weight is 1000 g/mol. The van der Waals surface area contributed by atoms with E-state index in [-0.39, 0.29) is 75.2 Å². The number of hydrogen-bond donors (Lipinski definition) is 8. The number of carbonyl (C=O) groups excluding carboxylic acids is 2. The summed E-state index contributed by atoms with van der Waals surface area (Å²) in [7, 11) is -8.21. The molecule has 24 heteroatoms. The van der Waals surface area contributed by atoms with Crippen LogP contribution in [-0.2, 0) is 64.8 Å². The summed E-state index contributed by atoms with van der Waals surface area (Å²) in [5, 5.41) is 67.1. The number of unbranched alkanes of at least 4 members (excludes halogenated alkanes) is 4. The standard InChI is InChI=1S/C22H34NO10P.C22H32NO10P/c2*1-3-5-7-31-34(28,32-8-6-4-2)33-21-16-12(10-15-20(21)30-11-29-15)13-9-14(24)18(25)19(26)17(13)23-22(16)27/h10,12-14,16-19,24-26H,3-9,11H2,1-2H3,(H,23,27);9-10,12,14,16-19,24-26H,3-8,11H2,1-2H3,(H,23,27)/t12?,13?,14-,16?,17+,18+,19-;12?,14-,16?,17+,18+,19-/m00/s1. The van der Waals surface area contributed by atoms with E-state index in [4.69, 9.17) is 46.1 Å². The molecular formula is C44H66N2O20P2. The Balaban J connectivity index is 0.000000201. The van der Waals surface area contributed by atoms with E-state index in [2.05, 4.69) is 10.6 Å². The second-order valence-electron chi connectivity index (χ2n) is 17.8. The number of allylic oxidation sites excluding steroid dienone is 2. The topological polar surface area (TPSA) is 306 Å². The van der Waals surface area contributed by atoms with E-state index in [0.29, 0.717) is 37.0 Å². The Morgan fingerprint density at radius 1 is 0.603 bits per heavy atom. The van der Waals surface area contributed by atoms with Gasteiger partial charge in [-0.3, -0.25) is 27.7 Å². The maximum Gasteiger partial charge on any atom is 0.529 e. The van der Waals surface area contributed by atoms with Crippen molar-refractivity contribution >= 4 is 27.5 Å². The molecule has 382 valence electrons. The Bertz CT molecular complexity index is 2070. The highest BCUT2D eigenvalue weighted by molar-refractivity contribution is 7.48. The van der Waals surface area contributed by atoms with Gasteiger partial charge in [0, 0.05) is 11.8 Å². The highest BCUT2D eigenvalue weighted by atomic mass is 31.2. The fourth-order valence-electron chi connectivity index (χ4n) is 9.32. The normalized spacial score (nSPS) is 33.6. The predicted octanol–water partition coefficient (Wildman–Crippen LogP) is 3.30. The van der Waals surface area contributed by atoms with E-state index in [0.717, 1.165) is 25.7 Å². The number of carbonyl (C=O) groups is 2. The largest absolute Gasteiger partial charge is 0.529 e. The highest BCUT2D eigenvalue weighted by Crippen LogP contribution is 2.59. The van der Waals surface area contributed by atoms with Crippen LogP contribution in [0.2, 0.25) is 0 Å². The van der Waals surface area contributed by atoms with Crippen LogP contribution in [0.5, 0.6) is 0 Å². The maximum absolute atomic E-state index is 13.6. The van der Waals surface area contributed by atoms with Crippen molar-refractivity contribution in [3.8, 4) is 0 Å². The first kappa shape index (κ1) is 52.3. The highest BCUT2D eigenvalue weighted by Gasteiger charge is 2.58. The summed E-state index contributed by atoms with van der Waals surface area (Å²) < 4.78 is 83.3. The fourth-order valence-corrected chi connectivity index (χ4v) is 12.0. The second kappa shape index (κ2) is 22.7. The molecule has 4 aliphatic heterocycles. The molecule has 0 aromatic rings. The van der Waals surface area contributed by atoms with Gasteiger partial charge >= 0.3 is 15.6 Å². The van der Waals surface area contributed by atoms with Gasteiger partial charge in [0.05, 0.1) is 44.6 Å². The molecule has 8 N–H and O–H groups in total. The molecule has 22 nitrogen and oxygen atoms in total. The van der Waals surface area contributed by atoms with Crippen molar-refractivity contribution in [3.63, 3.8) is 0 Å². The van der Waals surface area contributed by atoms with Crippen LogP contribution in [0.4, 0.5) is 0 Å². The van der Waals surface area contributed by atoms with Gasteiger partial charge in [-0.2, -0.15) is 0 Å². The van der Waals surface area contributed by atoms with Crippen LogP contribution in [0.1, 0.15) is 85.5 Å². The minimum absolute atomic E-state index is 0.0117. The summed E-state index contributed by atoms with van der Waals surface area (Å²) >= 11 is 0. The molecule has 68 heavy (non-hydrogen) atoms. The number of phosphoric acid groups is 2. The fraction of sp³-hybridized carbons (Fsp3) is 0.727. The van der Waals surface area contributed by atoms with E-state index >= 15 is 0 Å². The molecule has 8 rings (SSSR count). The average Bonchev–Trinajstić information content (AvgIpc) is 4.00. The number of nitrogens with one attached hydrogen (secondary N) is 2. The van der Waals surface area contributed by atoms with Crippen LogP contribution in [0.15, 0.2) is 58.4 Å². The zero-order valence-electron chi connectivity index (χ0n) is 38.6. The first-order valence-electron chi connectivity index (χ1n) is 23.6. The SMILES string of the molecule is CCCCOP(=O)(OCCCC)OC1=C2OCOC2=CC2C1C(=O)N[C@@H]1C2C[C@H](O)[C@@H](O)[C@H]1O.CCCCOP(=O)(OCCCC)OC1=C2OCOC2=CC2C3=C[C@H](O)[C@@H](O)[C@@H](O)[C@@H]3NC(=O)C12. The Hall–Kier alpha value is -3.50. The number of fused-ring (bicyclic) bond motifs is 8. The first-order chi connectivity index (χ1) is 32.6. The molecule has 4 saturated heterocycles. The summed E-state index contributed by atoms with van der Waals surface area (Å²) in [5.41, 5.74) is 0.478. The predicted molar refractivity (Wildman–Crippen MR) is 235 cm³/mol. The molecule has 0 spiro atoms. The Morgan fingerprint density at radius 2 is 1.09 bits per heavy atom. The monoisotopic (exact) mass is 1000 g/mol. The summed E-state index contributed by atoms with van der Waals surface area (Å²) in [6.45, 7) is 8.24. The molecule has 5 fully saturated rings. The van der Waals surface area contributed by atoms with Crippen molar-refractivity contribution in [1.82, 2.24) is 10.6 Å². The van der Waals surface area contributed by atoms with Gasteiger partial charge in [-0.15, -0.1) is 0 Å². The molecule has 5 unspecified atom stereocenters. The molecule has 4 heterocycles. The maximum atomic E-state index is 13.6. The van der Waals surface area contributed by atoms with Gasteiger partial charge in [-0.25, -0.2) is 9.13 Å². The Kier molecular flexibility index (Phi) is 17.5. The molecule has 0 aromatic heterocycles. The molecular weight excluding hydrogens is 938 g/mol. The molecule has 13 atom stereocenters. The lowest BCUT2D eigenvalue weighted by atomic mass is 9.64. The lowest BCUT2D eigenvalue weighted by Crippen LogP contribution is -2.66. The first-order valence-corrected chi connectivity index (χ1v) is 26.5. The van der Waals surface area contributed by atoms with Crippen molar-refractivity contribution in [2.45, 2.75) is 134 Å². The van der Waals surface area contributed by atoms with Crippen LogP contribution >= 0.6 is 15.6 Å². The van der Waals surface area contributed by atoms with Gasteiger partial charge in [0.25, 0.3) is 0 Å². The van der Waals surface area contributed by atoms with Crippen molar-refractivity contribution in [2.75, 3.05) is 40.0 Å². The summed E-state index contributed by atoms with van der Waals surface area (Å²) in [6, 6.07) is -1.69. The number of aliphatic hydroxyl groups excluding tert-OH is 6. The third kappa shape index (κ3) is 11.0. The van der Waals surface area contributed by atoms with Crippen LogP contribution < -0.4 is 10.6 Å². The van der Waals surface area contributed by atoms with Gasteiger partial charge < -0.3 is 69.3 Å². The van der Waals surface area contributed by atoms with Crippen LogP contribution in [0.25, 0.3) is 0 Å². The van der Waals surface area contributed by atoms with E-state index < -0.39 is 106 Å². The van der Waals surface area contributed by atoms with Gasteiger partial charge in [0.15, 0.2) is 23.0 Å². The van der Waals surface area contributed by atoms with Gasteiger partial charge in [-0.05, 0) is 55.7 Å². The van der Waals surface area contributed by atoms with Crippen molar-refractivity contribution in [1.29, 1.82) is 0 Å². The summed E-state index contributed by atoms with van der Waals surface area (Å²) in [5.74, 6) is -3.88. The van der Waals surface area contributed by atoms with E-state index in [1.165, 1.54) is 6.08 Å². The number of phosphoric ester groups is 2. The number of hydrogen-bond acceptors (Lipinski definition) is 20. The number of aliphatic hydroxyl groups is 6. The van der Waals surface area contributed by atoms with E-state index in [1.807, 2.05) is 27.7 Å². The summed E-state index contributed by atoms with van der Waals surface area (Å²) in [6.07, 6.45) is 2.68. The molecule has 0 aromatic carbocycles. The lowest BCUT2D eigenvalue weighted by Gasteiger charge is -2.49. The van der Waals surface area contributed by atoms with Gasteiger partial charge in [0.1, 0.15) is 42.4 Å². The Labute approximate surface area is 394 Å². The third-order valence-corrected chi connectivity index (χ3v) is 15.9. The Morgan fingerprint density at radius 3 is 1.60 bits per heavy atom. The van der Waals surface area contributed by atoms with Crippen LogP contribution in [0.3, 0.4) is 0 Å². The minimum Gasteiger partial charge on any atom is -0.454 e. The zero-order chi connectivity index (χ0) is 48.9. The van der Waals surface area contributed by atoms with Crippen LogP contribution in [-0.4, -0.2) is 131 Å². The van der Waals surface area contributed by atoms with Crippen LogP contribution in [0, 0.1) is 29.6 Å². The quantitative estimate of drug-likeness (QED) is 0.0493. The van der Waals surface area contributed by atoms with Gasteiger partial charge in [0.2, 0.25) is 36.9 Å². The lowest BCUT2D eigenvalue weighted by molar-refractivity contribution is -0.153. The molecule has 0 bridgehead atoms. The third-order valence-electron chi connectivity index (χ3n) is 13.0. The zero-order valence-corrected chi connectivity index (χ0v) is 40.4.